The smallest absolute Gasteiger partial charge is 0.232 e. The third-order valence-electron chi connectivity index (χ3n) is 8.05. The molecule has 2 aliphatic rings. The number of thiocarbonyl (C=S) groups is 1. The summed E-state index contributed by atoms with van der Waals surface area (Å²) in [5, 5.41) is 7.61. The molecule has 7 nitrogen and oxygen atoms in total. The van der Waals surface area contributed by atoms with Crippen LogP contribution in [0.5, 0.6) is 0 Å². The molecule has 0 fully saturated rings. The maximum atomic E-state index is 6.03. The van der Waals surface area contributed by atoms with E-state index in [0.717, 1.165) is 67.7 Å². The minimum Gasteiger partial charge on any atom is -0.459 e. The molecular formula is C34H31ClN6OS. The number of halogens is 1. The molecule has 0 radical (unpaired) electrons. The SMILES string of the molecule is S=C(NCc1ccc(-c2ccc(Cl)cc2)o1)Nc1nc(N2CCc3ccccc3C2)cc(N2CCc3ccccc3C2)n1. The second-order valence-corrected chi connectivity index (χ2v) is 11.7. The highest BCUT2D eigenvalue weighted by Crippen LogP contribution is 2.30. The van der Waals surface area contributed by atoms with Gasteiger partial charge < -0.3 is 24.9 Å². The molecule has 0 spiro atoms. The van der Waals surface area contributed by atoms with E-state index in [9.17, 15) is 0 Å². The number of hydrogen-bond acceptors (Lipinski definition) is 6. The van der Waals surface area contributed by atoms with E-state index in [1.165, 1.54) is 22.3 Å². The number of nitrogens with zero attached hydrogens (tertiary/aromatic N) is 4. The summed E-state index contributed by atoms with van der Waals surface area (Å²) in [6.07, 6.45) is 1.97. The van der Waals surface area contributed by atoms with Crippen LogP contribution in [-0.2, 0) is 32.5 Å². The van der Waals surface area contributed by atoms with Gasteiger partial charge in [0.15, 0.2) is 5.11 Å². The fraction of sp³-hybridized carbons (Fsp3) is 0.206. The lowest BCUT2D eigenvalue weighted by atomic mass is 9.99. The molecule has 0 aliphatic carbocycles. The number of benzene rings is 3. The van der Waals surface area contributed by atoms with Crippen LogP contribution in [0.4, 0.5) is 17.6 Å². The van der Waals surface area contributed by atoms with Crippen molar-refractivity contribution in [1.29, 1.82) is 0 Å². The van der Waals surface area contributed by atoms with Crippen LogP contribution in [-0.4, -0.2) is 28.2 Å². The molecule has 2 N–H and O–H groups in total. The van der Waals surface area contributed by atoms with Crippen molar-refractivity contribution in [2.45, 2.75) is 32.5 Å². The monoisotopic (exact) mass is 606 g/mol. The van der Waals surface area contributed by atoms with E-state index in [-0.39, 0.29) is 0 Å². The standard InChI is InChI=1S/C34H31ClN6OS/c35-28-11-9-25(10-12-28)30-14-13-29(42-30)20-36-34(43)39-33-37-31(40-17-15-23-5-1-3-7-26(23)21-40)19-32(38-33)41-18-16-24-6-2-4-8-27(24)22-41/h1-14,19H,15-18,20-22H2,(H2,36,37,38,39,43). The number of hydrogen-bond donors (Lipinski definition) is 2. The van der Waals surface area contributed by atoms with Crippen molar-refractivity contribution in [1.82, 2.24) is 15.3 Å². The number of aromatic nitrogens is 2. The number of nitrogens with one attached hydrogen (secondary N) is 2. The third kappa shape index (κ3) is 6.21. The molecule has 0 amide bonds. The summed E-state index contributed by atoms with van der Waals surface area (Å²) >= 11 is 11.7. The highest BCUT2D eigenvalue weighted by molar-refractivity contribution is 7.80. The van der Waals surface area contributed by atoms with Crippen LogP contribution in [0, 0.1) is 0 Å². The fourth-order valence-electron chi connectivity index (χ4n) is 5.74. The molecule has 0 bridgehead atoms. The summed E-state index contributed by atoms with van der Waals surface area (Å²) in [7, 11) is 0. The highest BCUT2D eigenvalue weighted by Gasteiger charge is 2.23. The molecule has 216 valence electrons. The number of anilines is 3. The summed E-state index contributed by atoms with van der Waals surface area (Å²) in [6, 6.07) is 30.9. The molecule has 4 heterocycles. The molecule has 9 heteroatoms. The first-order valence-electron chi connectivity index (χ1n) is 14.5. The lowest BCUT2D eigenvalue weighted by Gasteiger charge is -2.33. The Hall–Kier alpha value is -4.40. The van der Waals surface area contributed by atoms with Crippen molar-refractivity contribution in [3.05, 3.63) is 124 Å². The van der Waals surface area contributed by atoms with Crippen molar-refractivity contribution in [3.63, 3.8) is 0 Å². The zero-order valence-corrected chi connectivity index (χ0v) is 25.2. The molecule has 0 saturated carbocycles. The zero-order chi connectivity index (χ0) is 29.2. The van der Waals surface area contributed by atoms with Crippen LogP contribution in [0.1, 0.15) is 28.0 Å². The first-order chi connectivity index (χ1) is 21.1. The minimum atomic E-state index is 0.428. The maximum absolute atomic E-state index is 6.03. The summed E-state index contributed by atoms with van der Waals surface area (Å²) in [4.78, 5) is 14.5. The van der Waals surface area contributed by atoms with Gasteiger partial charge in [-0.2, -0.15) is 9.97 Å². The van der Waals surface area contributed by atoms with E-state index in [0.29, 0.717) is 22.6 Å². The van der Waals surface area contributed by atoms with Crippen LogP contribution >= 0.6 is 23.8 Å². The Morgan fingerprint density at radius 2 is 1.35 bits per heavy atom. The lowest BCUT2D eigenvalue weighted by Crippen LogP contribution is -2.34. The lowest BCUT2D eigenvalue weighted by molar-refractivity contribution is 0.516. The summed E-state index contributed by atoms with van der Waals surface area (Å²) in [6.45, 7) is 3.84. The molecule has 5 aromatic rings. The average molecular weight is 607 g/mol. The average Bonchev–Trinajstić information content (AvgIpc) is 3.53. The third-order valence-corrected chi connectivity index (χ3v) is 8.55. The van der Waals surface area contributed by atoms with E-state index >= 15 is 0 Å². The van der Waals surface area contributed by atoms with Crippen LogP contribution in [0.15, 0.2) is 95.4 Å². The van der Waals surface area contributed by atoms with Crippen molar-refractivity contribution in [3.8, 4) is 11.3 Å². The Bertz CT molecular complexity index is 1700. The van der Waals surface area contributed by atoms with Crippen LogP contribution < -0.4 is 20.4 Å². The molecule has 2 aliphatic heterocycles. The molecular weight excluding hydrogens is 576 g/mol. The van der Waals surface area contributed by atoms with Crippen LogP contribution in [0.25, 0.3) is 11.3 Å². The van der Waals surface area contributed by atoms with Crippen molar-refractivity contribution in [2.75, 3.05) is 28.2 Å². The van der Waals surface area contributed by atoms with Gasteiger partial charge in [-0.05, 0) is 83.7 Å². The van der Waals surface area contributed by atoms with E-state index in [2.05, 4.69) is 75.0 Å². The van der Waals surface area contributed by atoms with Gasteiger partial charge in [-0.25, -0.2) is 0 Å². The van der Waals surface area contributed by atoms with Gasteiger partial charge in [-0.15, -0.1) is 0 Å². The van der Waals surface area contributed by atoms with Gasteiger partial charge in [0.2, 0.25) is 5.95 Å². The Balaban J connectivity index is 1.09. The quantitative estimate of drug-likeness (QED) is 0.200. The Morgan fingerprint density at radius 1 is 0.767 bits per heavy atom. The van der Waals surface area contributed by atoms with Crippen LogP contribution in [0.3, 0.4) is 0 Å². The van der Waals surface area contributed by atoms with Gasteiger partial charge in [0, 0.05) is 42.8 Å². The summed E-state index contributed by atoms with van der Waals surface area (Å²) in [5.74, 6) is 3.80. The van der Waals surface area contributed by atoms with E-state index in [1.54, 1.807) is 0 Å². The van der Waals surface area contributed by atoms with Gasteiger partial charge in [0.1, 0.15) is 23.2 Å². The molecule has 43 heavy (non-hydrogen) atoms. The topological polar surface area (TPSA) is 69.5 Å². The van der Waals surface area contributed by atoms with Gasteiger partial charge in [-0.3, -0.25) is 0 Å². The van der Waals surface area contributed by atoms with Crippen molar-refractivity contribution in [2.24, 2.45) is 0 Å². The molecule has 0 atom stereocenters. The zero-order valence-electron chi connectivity index (χ0n) is 23.6. The predicted octanol–water partition coefficient (Wildman–Crippen LogP) is 7.00. The second-order valence-electron chi connectivity index (χ2n) is 10.9. The number of furan rings is 1. The van der Waals surface area contributed by atoms with E-state index in [1.807, 2.05) is 36.4 Å². The Kier molecular flexibility index (Phi) is 7.70. The summed E-state index contributed by atoms with van der Waals surface area (Å²) < 4.78 is 6.03. The maximum Gasteiger partial charge on any atom is 0.232 e. The Labute approximate surface area is 261 Å². The molecule has 0 unspecified atom stereocenters. The summed E-state index contributed by atoms with van der Waals surface area (Å²) in [5.41, 5.74) is 6.45. The van der Waals surface area contributed by atoms with Gasteiger partial charge >= 0.3 is 0 Å². The van der Waals surface area contributed by atoms with Gasteiger partial charge in [0.25, 0.3) is 0 Å². The largest absolute Gasteiger partial charge is 0.459 e. The Morgan fingerprint density at radius 3 is 1.95 bits per heavy atom. The highest BCUT2D eigenvalue weighted by atomic mass is 35.5. The fourth-order valence-corrected chi connectivity index (χ4v) is 6.03. The number of fused-ring (bicyclic) bond motifs is 2. The minimum absolute atomic E-state index is 0.428. The van der Waals surface area contributed by atoms with Crippen molar-refractivity contribution < 1.29 is 4.42 Å². The normalized spacial score (nSPS) is 14.2. The van der Waals surface area contributed by atoms with Gasteiger partial charge in [0.05, 0.1) is 6.54 Å². The first-order valence-corrected chi connectivity index (χ1v) is 15.3. The van der Waals surface area contributed by atoms with E-state index < -0.39 is 0 Å². The van der Waals surface area contributed by atoms with Crippen LogP contribution in [0.2, 0.25) is 5.02 Å². The predicted molar refractivity (Wildman–Crippen MR) is 177 cm³/mol. The number of rotatable bonds is 6. The van der Waals surface area contributed by atoms with E-state index in [4.69, 9.17) is 38.2 Å². The van der Waals surface area contributed by atoms with Gasteiger partial charge in [-0.1, -0.05) is 60.1 Å². The second kappa shape index (κ2) is 12.1. The molecule has 0 saturated heterocycles. The van der Waals surface area contributed by atoms with Crippen molar-refractivity contribution >= 4 is 46.5 Å². The first kappa shape index (κ1) is 27.4. The molecule has 7 rings (SSSR count). The molecule has 3 aromatic carbocycles. The molecule has 2 aromatic heterocycles.